The van der Waals surface area contributed by atoms with Gasteiger partial charge < -0.3 is 0 Å². The van der Waals surface area contributed by atoms with E-state index in [4.69, 9.17) is 0 Å². The Kier molecular flexibility index (Phi) is 5.07. The van der Waals surface area contributed by atoms with Crippen LogP contribution in [-0.2, 0) is 4.79 Å². The Bertz CT molecular complexity index is 400. The number of nitrogens with zero attached hydrogens (tertiary/aromatic N) is 1. The first-order chi connectivity index (χ1) is 8.15. The van der Waals surface area contributed by atoms with Crippen molar-refractivity contribution in [2.24, 2.45) is 0 Å². The Labute approximate surface area is 100 Å². The Morgan fingerprint density at radius 1 is 1.41 bits per heavy atom. The normalized spacial score (nSPS) is 11.8. The molecule has 0 aliphatic heterocycles. The zero-order valence-electron chi connectivity index (χ0n) is 9.54. The van der Waals surface area contributed by atoms with E-state index in [9.17, 15) is 14.9 Å². The number of hydrogen-bond donors (Lipinski definition) is 0. The van der Waals surface area contributed by atoms with Gasteiger partial charge in [0.15, 0.2) is 0 Å². The van der Waals surface area contributed by atoms with Crippen molar-refractivity contribution >= 4 is 5.78 Å². The van der Waals surface area contributed by atoms with Gasteiger partial charge in [-0.3, -0.25) is 14.9 Å². The van der Waals surface area contributed by atoms with Crippen molar-refractivity contribution in [1.82, 2.24) is 0 Å². The lowest BCUT2D eigenvalue weighted by molar-refractivity contribution is -0.481. The van der Waals surface area contributed by atoms with Gasteiger partial charge in [-0.1, -0.05) is 36.4 Å². The van der Waals surface area contributed by atoms with Crippen LogP contribution >= 0.6 is 0 Å². The lowest BCUT2D eigenvalue weighted by Crippen LogP contribution is -2.21. The van der Waals surface area contributed by atoms with Crippen LogP contribution in [0.25, 0.3) is 0 Å². The zero-order chi connectivity index (χ0) is 12.7. The predicted octanol–water partition coefficient (Wildman–Crippen LogP) is 2.58. The van der Waals surface area contributed by atoms with Crippen molar-refractivity contribution in [3.63, 3.8) is 0 Å². The molecule has 1 aromatic rings. The number of Topliss-reactive ketones (excluding diaryl/α,β-unsaturated/α-hetero) is 1. The van der Waals surface area contributed by atoms with E-state index in [1.54, 1.807) is 30.3 Å². The number of allylic oxidation sites excluding steroid dienone is 1. The van der Waals surface area contributed by atoms with Crippen LogP contribution in [0.15, 0.2) is 43.0 Å². The molecule has 0 aromatic heterocycles. The number of hydrogen-bond acceptors (Lipinski definition) is 3. The number of ketones is 1. The molecular formula is C13H15NO3. The second kappa shape index (κ2) is 6.58. The molecule has 0 amide bonds. The zero-order valence-corrected chi connectivity index (χ0v) is 9.54. The molecule has 0 unspecified atom stereocenters. The molecule has 1 aromatic carbocycles. The third-order valence-electron chi connectivity index (χ3n) is 2.52. The summed E-state index contributed by atoms with van der Waals surface area (Å²) in [5.41, 5.74) is 0.707. The maximum atomic E-state index is 11.9. The molecule has 0 aliphatic rings. The van der Waals surface area contributed by atoms with E-state index in [0.717, 1.165) is 0 Å². The summed E-state index contributed by atoms with van der Waals surface area (Å²) in [7, 11) is 0. The van der Waals surface area contributed by atoms with Gasteiger partial charge in [-0.05, 0) is 12.0 Å². The summed E-state index contributed by atoms with van der Waals surface area (Å²) >= 11 is 0. The standard InChI is InChI=1S/C13H15NO3/c1-2-3-9-13(15)12(10-14(16)17)11-7-5-4-6-8-11/h2,4-8,12H,1,3,9-10H2/t12-/m1/s1. The van der Waals surface area contributed by atoms with Crippen LogP contribution in [0.3, 0.4) is 0 Å². The fourth-order valence-corrected chi connectivity index (χ4v) is 1.65. The summed E-state index contributed by atoms with van der Waals surface area (Å²) in [6, 6.07) is 8.88. The summed E-state index contributed by atoms with van der Waals surface area (Å²) in [5.74, 6) is -0.751. The van der Waals surface area contributed by atoms with E-state index in [-0.39, 0.29) is 12.3 Å². The number of carbonyl (C=O) groups excluding carboxylic acids is 1. The van der Waals surface area contributed by atoms with Crippen LogP contribution in [0.5, 0.6) is 0 Å². The average molecular weight is 233 g/mol. The first kappa shape index (κ1) is 13.1. The molecule has 1 rings (SSSR count). The number of carbonyl (C=O) groups is 1. The van der Waals surface area contributed by atoms with Gasteiger partial charge in [0.1, 0.15) is 11.7 Å². The topological polar surface area (TPSA) is 60.2 Å². The monoisotopic (exact) mass is 233 g/mol. The minimum Gasteiger partial charge on any atom is -0.299 e. The fraction of sp³-hybridized carbons (Fsp3) is 0.308. The van der Waals surface area contributed by atoms with Crippen molar-refractivity contribution in [1.29, 1.82) is 0 Å². The summed E-state index contributed by atoms with van der Waals surface area (Å²) < 4.78 is 0. The van der Waals surface area contributed by atoms with Gasteiger partial charge in [-0.15, -0.1) is 6.58 Å². The van der Waals surface area contributed by atoms with Gasteiger partial charge in [0.2, 0.25) is 6.54 Å². The third kappa shape index (κ3) is 4.18. The van der Waals surface area contributed by atoms with Crippen molar-refractivity contribution in [3.8, 4) is 0 Å². The molecule has 0 heterocycles. The van der Waals surface area contributed by atoms with Crippen LogP contribution in [0.4, 0.5) is 0 Å². The molecule has 4 heteroatoms. The summed E-state index contributed by atoms with van der Waals surface area (Å²) in [5, 5.41) is 10.6. The smallest absolute Gasteiger partial charge is 0.217 e. The average Bonchev–Trinajstić information content (AvgIpc) is 2.34. The van der Waals surface area contributed by atoms with E-state index in [1.165, 1.54) is 0 Å². The van der Waals surface area contributed by atoms with Crippen molar-refractivity contribution in [3.05, 3.63) is 58.7 Å². The van der Waals surface area contributed by atoms with E-state index in [0.29, 0.717) is 18.4 Å². The minimum atomic E-state index is -0.647. The lowest BCUT2D eigenvalue weighted by atomic mass is 9.92. The molecule has 1 atom stereocenters. The SMILES string of the molecule is C=CCCC(=O)[C@H](C[N+](=O)[O-])c1ccccc1. The van der Waals surface area contributed by atoms with Crippen molar-refractivity contribution in [2.75, 3.05) is 6.54 Å². The molecule has 0 saturated carbocycles. The van der Waals surface area contributed by atoms with Gasteiger partial charge in [-0.2, -0.15) is 0 Å². The van der Waals surface area contributed by atoms with Crippen LogP contribution in [0, 0.1) is 10.1 Å². The third-order valence-corrected chi connectivity index (χ3v) is 2.52. The van der Waals surface area contributed by atoms with Crippen molar-refractivity contribution in [2.45, 2.75) is 18.8 Å². The Balaban J connectivity index is 2.84. The molecule has 0 spiro atoms. The maximum Gasteiger partial charge on any atom is 0.217 e. The summed E-state index contributed by atoms with van der Waals surface area (Å²) in [6.07, 6.45) is 2.50. The number of rotatable bonds is 7. The Morgan fingerprint density at radius 3 is 2.59 bits per heavy atom. The molecule has 0 aliphatic carbocycles. The van der Waals surface area contributed by atoms with Gasteiger partial charge >= 0.3 is 0 Å². The highest BCUT2D eigenvalue weighted by atomic mass is 16.6. The lowest BCUT2D eigenvalue weighted by Gasteiger charge is -2.11. The van der Waals surface area contributed by atoms with Gasteiger partial charge in [0.05, 0.1) is 0 Å². The highest BCUT2D eigenvalue weighted by molar-refractivity contribution is 5.85. The highest BCUT2D eigenvalue weighted by Gasteiger charge is 2.24. The van der Waals surface area contributed by atoms with E-state index >= 15 is 0 Å². The van der Waals surface area contributed by atoms with Crippen LogP contribution in [0.2, 0.25) is 0 Å². The quantitative estimate of drug-likeness (QED) is 0.413. The van der Waals surface area contributed by atoms with Gasteiger partial charge in [0, 0.05) is 11.3 Å². The second-order valence-electron chi connectivity index (χ2n) is 3.77. The summed E-state index contributed by atoms with van der Waals surface area (Å²) in [4.78, 5) is 22.0. The second-order valence-corrected chi connectivity index (χ2v) is 3.77. The minimum absolute atomic E-state index is 0.104. The molecule has 17 heavy (non-hydrogen) atoms. The van der Waals surface area contributed by atoms with E-state index in [1.807, 2.05) is 6.07 Å². The highest BCUT2D eigenvalue weighted by Crippen LogP contribution is 2.19. The molecule has 90 valence electrons. The largest absolute Gasteiger partial charge is 0.299 e. The van der Waals surface area contributed by atoms with Crippen LogP contribution in [0.1, 0.15) is 24.3 Å². The maximum absolute atomic E-state index is 11.9. The van der Waals surface area contributed by atoms with E-state index < -0.39 is 10.8 Å². The van der Waals surface area contributed by atoms with Gasteiger partial charge in [0.25, 0.3) is 0 Å². The summed E-state index contributed by atoms with van der Waals surface area (Å²) in [6.45, 7) is 3.19. The molecule has 0 fully saturated rings. The van der Waals surface area contributed by atoms with Crippen molar-refractivity contribution < 1.29 is 9.72 Å². The molecular weight excluding hydrogens is 218 g/mol. The predicted molar refractivity (Wildman–Crippen MR) is 65.5 cm³/mol. The Morgan fingerprint density at radius 2 is 2.06 bits per heavy atom. The number of nitro groups is 1. The molecule has 0 N–H and O–H groups in total. The molecule has 0 saturated heterocycles. The number of benzene rings is 1. The van der Waals surface area contributed by atoms with Gasteiger partial charge in [-0.25, -0.2) is 0 Å². The molecule has 0 bridgehead atoms. The fourth-order valence-electron chi connectivity index (χ4n) is 1.65. The molecule has 4 nitrogen and oxygen atoms in total. The van der Waals surface area contributed by atoms with E-state index in [2.05, 4.69) is 6.58 Å². The first-order valence-corrected chi connectivity index (χ1v) is 5.45. The van der Waals surface area contributed by atoms with Crippen LogP contribution < -0.4 is 0 Å². The Hall–Kier alpha value is -1.97. The first-order valence-electron chi connectivity index (χ1n) is 5.45. The molecule has 0 radical (unpaired) electrons. The van der Waals surface area contributed by atoms with Crippen LogP contribution in [-0.4, -0.2) is 17.3 Å².